The molecule has 6 nitrogen and oxygen atoms in total. The van der Waals surface area contributed by atoms with Crippen molar-refractivity contribution in [1.82, 2.24) is 5.32 Å². The Kier molecular flexibility index (Phi) is 7.67. The van der Waals surface area contributed by atoms with E-state index in [1.165, 1.54) is 0 Å². The normalized spacial score (nSPS) is 10.0. The molecule has 0 saturated carbocycles. The van der Waals surface area contributed by atoms with Gasteiger partial charge in [0.2, 0.25) is 11.8 Å². The van der Waals surface area contributed by atoms with Crippen LogP contribution in [0.1, 0.15) is 48.5 Å². The van der Waals surface area contributed by atoms with E-state index >= 15 is 0 Å². The van der Waals surface area contributed by atoms with Crippen molar-refractivity contribution in [2.45, 2.75) is 39.2 Å². The summed E-state index contributed by atoms with van der Waals surface area (Å²) in [6.45, 7) is 2.71. The lowest BCUT2D eigenvalue weighted by Crippen LogP contribution is -2.23. The Morgan fingerprint density at radius 2 is 2.00 bits per heavy atom. The van der Waals surface area contributed by atoms with Crippen LogP contribution in [0.4, 0.5) is 0 Å². The summed E-state index contributed by atoms with van der Waals surface area (Å²) in [5.74, 6) is -0.942. The molecule has 0 fully saturated rings. The second kappa shape index (κ2) is 9.55. The van der Waals surface area contributed by atoms with Crippen molar-refractivity contribution in [3.8, 4) is 0 Å². The molecule has 0 spiro atoms. The van der Waals surface area contributed by atoms with Crippen LogP contribution in [0.15, 0.2) is 24.3 Å². The zero-order valence-electron chi connectivity index (χ0n) is 12.8. The molecule has 2 amide bonds. The average molecular weight is 306 g/mol. The number of carbonyl (C=O) groups is 3. The van der Waals surface area contributed by atoms with Crippen LogP contribution < -0.4 is 11.1 Å². The summed E-state index contributed by atoms with van der Waals surface area (Å²) < 4.78 is 5.10. The zero-order chi connectivity index (χ0) is 16.4. The molecule has 1 aromatic rings. The first-order valence-corrected chi connectivity index (χ1v) is 7.34. The Labute approximate surface area is 130 Å². The van der Waals surface area contributed by atoms with Crippen LogP contribution in [0.5, 0.6) is 0 Å². The predicted molar refractivity (Wildman–Crippen MR) is 81.9 cm³/mol. The smallest absolute Gasteiger partial charge is 0.306 e. The number of esters is 1. The minimum atomic E-state index is -0.522. The monoisotopic (exact) mass is 306 g/mol. The fourth-order valence-corrected chi connectivity index (χ4v) is 1.80. The van der Waals surface area contributed by atoms with E-state index in [2.05, 4.69) is 5.32 Å². The second-order valence-electron chi connectivity index (χ2n) is 4.93. The van der Waals surface area contributed by atoms with E-state index in [4.69, 9.17) is 10.5 Å². The molecule has 0 radical (unpaired) electrons. The van der Waals surface area contributed by atoms with Crippen molar-refractivity contribution in [1.29, 1.82) is 0 Å². The maximum absolute atomic E-state index is 11.6. The van der Waals surface area contributed by atoms with Crippen LogP contribution in [-0.4, -0.2) is 24.3 Å². The van der Waals surface area contributed by atoms with Gasteiger partial charge in [0.25, 0.3) is 0 Å². The molecule has 0 saturated heterocycles. The zero-order valence-corrected chi connectivity index (χ0v) is 12.8. The molecule has 1 aromatic carbocycles. The fraction of sp³-hybridized carbons (Fsp3) is 0.438. The Balaban J connectivity index is 2.27. The minimum Gasteiger partial charge on any atom is -0.461 e. The molecule has 0 aliphatic heterocycles. The van der Waals surface area contributed by atoms with Gasteiger partial charge >= 0.3 is 5.97 Å². The lowest BCUT2D eigenvalue weighted by Gasteiger charge is -2.06. The van der Waals surface area contributed by atoms with Gasteiger partial charge in [-0.05, 0) is 30.5 Å². The third-order valence-electron chi connectivity index (χ3n) is 2.97. The number of hydrogen-bond donors (Lipinski definition) is 2. The van der Waals surface area contributed by atoms with Gasteiger partial charge in [0.05, 0.1) is 0 Å². The molecule has 120 valence electrons. The number of nitrogens with one attached hydrogen (secondary N) is 1. The van der Waals surface area contributed by atoms with Crippen LogP contribution in [0, 0.1) is 0 Å². The van der Waals surface area contributed by atoms with Crippen molar-refractivity contribution >= 4 is 17.8 Å². The maximum atomic E-state index is 11.6. The highest BCUT2D eigenvalue weighted by Crippen LogP contribution is 2.07. The lowest BCUT2D eigenvalue weighted by molar-refractivity contribution is -0.145. The Bertz CT molecular complexity index is 529. The number of carbonyl (C=O) groups excluding carboxylic acids is 3. The standard InChI is InChI=1S/C16H22N2O4/c1-2-9-18-14(19)7-4-8-15(20)22-11-12-5-3-6-13(10-12)16(17)21/h3,5-6,10H,2,4,7-9,11H2,1H3,(H2,17,21)(H,18,19). The number of rotatable bonds is 9. The van der Waals surface area contributed by atoms with Crippen molar-refractivity contribution in [2.24, 2.45) is 5.73 Å². The van der Waals surface area contributed by atoms with E-state index in [0.717, 1.165) is 6.42 Å². The Morgan fingerprint density at radius 1 is 1.23 bits per heavy atom. The van der Waals surface area contributed by atoms with Crippen molar-refractivity contribution in [3.05, 3.63) is 35.4 Å². The molecule has 22 heavy (non-hydrogen) atoms. The summed E-state index contributed by atoms with van der Waals surface area (Å²) in [5.41, 5.74) is 6.26. The Morgan fingerprint density at radius 3 is 2.68 bits per heavy atom. The first-order valence-electron chi connectivity index (χ1n) is 7.34. The van der Waals surface area contributed by atoms with Gasteiger partial charge in [0, 0.05) is 24.9 Å². The fourth-order valence-electron chi connectivity index (χ4n) is 1.80. The van der Waals surface area contributed by atoms with Crippen molar-refractivity contribution in [2.75, 3.05) is 6.54 Å². The molecule has 0 aliphatic rings. The van der Waals surface area contributed by atoms with E-state index in [9.17, 15) is 14.4 Å². The SMILES string of the molecule is CCCNC(=O)CCCC(=O)OCc1cccc(C(N)=O)c1. The summed E-state index contributed by atoms with van der Waals surface area (Å²) >= 11 is 0. The van der Waals surface area contributed by atoms with Gasteiger partial charge in [-0.1, -0.05) is 19.1 Å². The molecule has 3 N–H and O–H groups in total. The third kappa shape index (κ3) is 6.88. The highest BCUT2D eigenvalue weighted by Gasteiger charge is 2.07. The average Bonchev–Trinajstić information content (AvgIpc) is 2.51. The number of nitrogens with two attached hydrogens (primary N) is 1. The van der Waals surface area contributed by atoms with Crippen LogP contribution in [0.2, 0.25) is 0 Å². The number of benzene rings is 1. The molecule has 0 aromatic heterocycles. The molecule has 1 rings (SSSR count). The topological polar surface area (TPSA) is 98.5 Å². The van der Waals surface area contributed by atoms with Crippen LogP contribution >= 0.6 is 0 Å². The van der Waals surface area contributed by atoms with E-state index in [0.29, 0.717) is 30.5 Å². The lowest BCUT2D eigenvalue weighted by atomic mass is 10.1. The molecule has 6 heteroatoms. The second-order valence-corrected chi connectivity index (χ2v) is 4.93. The van der Waals surface area contributed by atoms with E-state index in [-0.39, 0.29) is 24.9 Å². The highest BCUT2D eigenvalue weighted by atomic mass is 16.5. The minimum absolute atomic E-state index is 0.0520. The van der Waals surface area contributed by atoms with Gasteiger partial charge in [0.15, 0.2) is 0 Å². The largest absolute Gasteiger partial charge is 0.461 e. The van der Waals surface area contributed by atoms with E-state index in [1.807, 2.05) is 6.92 Å². The summed E-state index contributed by atoms with van der Waals surface area (Å²) in [4.78, 5) is 34.0. The molecular weight excluding hydrogens is 284 g/mol. The van der Waals surface area contributed by atoms with Crippen molar-refractivity contribution < 1.29 is 19.1 Å². The number of ether oxygens (including phenoxy) is 1. The van der Waals surface area contributed by atoms with Gasteiger partial charge in [-0.3, -0.25) is 14.4 Å². The van der Waals surface area contributed by atoms with Crippen LogP contribution in [0.3, 0.4) is 0 Å². The molecular formula is C16H22N2O4. The quantitative estimate of drug-likeness (QED) is 0.676. The van der Waals surface area contributed by atoms with Gasteiger partial charge in [-0.25, -0.2) is 0 Å². The molecule has 0 unspecified atom stereocenters. The molecule has 0 bridgehead atoms. The highest BCUT2D eigenvalue weighted by molar-refractivity contribution is 5.92. The number of hydrogen-bond acceptors (Lipinski definition) is 4. The van der Waals surface area contributed by atoms with Crippen LogP contribution in [-0.2, 0) is 20.9 Å². The number of amides is 2. The van der Waals surface area contributed by atoms with Crippen LogP contribution in [0.25, 0.3) is 0 Å². The van der Waals surface area contributed by atoms with Crippen molar-refractivity contribution in [3.63, 3.8) is 0 Å². The van der Waals surface area contributed by atoms with Gasteiger partial charge in [0.1, 0.15) is 6.61 Å². The third-order valence-corrected chi connectivity index (χ3v) is 2.97. The summed E-state index contributed by atoms with van der Waals surface area (Å²) in [6.07, 6.45) is 1.84. The summed E-state index contributed by atoms with van der Waals surface area (Å²) in [5, 5.41) is 2.75. The Hall–Kier alpha value is -2.37. The summed E-state index contributed by atoms with van der Waals surface area (Å²) in [7, 11) is 0. The molecule has 0 atom stereocenters. The van der Waals surface area contributed by atoms with E-state index < -0.39 is 5.91 Å². The van der Waals surface area contributed by atoms with Gasteiger partial charge in [-0.2, -0.15) is 0 Å². The van der Waals surface area contributed by atoms with Gasteiger partial charge < -0.3 is 15.8 Å². The summed E-state index contributed by atoms with van der Waals surface area (Å²) in [6, 6.07) is 6.62. The van der Waals surface area contributed by atoms with Gasteiger partial charge in [-0.15, -0.1) is 0 Å². The number of primary amides is 1. The van der Waals surface area contributed by atoms with E-state index in [1.54, 1.807) is 24.3 Å². The first kappa shape index (κ1) is 17.7. The maximum Gasteiger partial charge on any atom is 0.306 e. The predicted octanol–water partition coefficient (Wildman–Crippen LogP) is 1.53. The molecule has 0 aliphatic carbocycles. The first-order chi connectivity index (χ1) is 10.5. The molecule has 0 heterocycles.